The molecule has 2 aromatic rings. The van der Waals surface area contributed by atoms with Gasteiger partial charge in [-0.15, -0.1) is 0 Å². The van der Waals surface area contributed by atoms with Gasteiger partial charge >= 0.3 is 0 Å². The number of H-pyrrole nitrogens is 1. The zero-order valence-electron chi connectivity index (χ0n) is 7.16. The maximum absolute atomic E-state index is 7.68. The van der Waals surface area contributed by atoms with E-state index in [9.17, 15) is 0 Å². The summed E-state index contributed by atoms with van der Waals surface area (Å²) in [4.78, 5) is 7.43. The number of aromatic nitrogens is 2. The van der Waals surface area contributed by atoms with Crippen molar-refractivity contribution in [1.82, 2.24) is 9.97 Å². The Bertz CT molecular complexity index is 489. The Morgan fingerprint density at radius 1 is 1.38 bits per heavy atom. The van der Waals surface area contributed by atoms with Crippen molar-refractivity contribution in [3.05, 3.63) is 29.6 Å². The van der Waals surface area contributed by atoms with Crippen LogP contribution in [-0.4, -0.2) is 16.2 Å². The molecule has 1 aromatic carbocycles. The molecule has 66 valence electrons. The van der Waals surface area contributed by atoms with Gasteiger partial charge in [0, 0.05) is 0 Å². The van der Waals surface area contributed by atoms with Gasteiger partial charge in [0.1, 0.15) is 5.52 Å². The number of nitrogens with one attached hydrogen (secondary N) is 2. The SMILES string of the molecule is CSc1nc2c(=N)ccccc2[nH]1. The number of hydrogen-bond donors (Lipinski definition) is 2. The first-order chi connectivity index (χ1) is 6.31. The minimum absolute atomic E-state index is 0.455. The summed E-state index contributed by atoms with van der Waals surface area (Å²) < 4.78 is 0. The number of imidazole rings is 1. The Labute approximate surface area is 79.7 Å². The Balaban J connectivity index is 2.87. The maximum atomic E-state index is 7.68. The molecule has 0 atom stereocenters. The van der Waals surface area contributed by atoms with Crippen molar-refractivity contribution < 1.29 is 0 Å². The van der Waals surface area contributed by atoms with E-state index in [1.807, 2.05) is 24.5 Å². The Kier molecular flexibility index (Phi) is 2.06. The van der Waals surface area contributed by atoms with Gasteiger partial charge in [0.2, 0.25) is 0 Å². The molecule has 13 heavy (non-hydrogen) atoms. The first-order valence-electron chi connectivity index (χ1n) is 3.89. The largest absolute Gasteiger partial charge is 0.333 e. The fraction of sp³-hybridized carbons (Fsp3) is 0.111. The molecule has 2 rings (SSSR count). The van der Waals surface area contributed by atoms with Crippen LogP contribution in [0.2, 0.25) is 0 Å². The van der Waals surface area contributed by atoms with E-state index in [1.54, 1.807) is 17.8 Å². The van der Waals surface area contributed by atoms with Crippen molar-refractivity contribution in [3.63, 3.8) is 0 Å². The molecule has 3 nitrogen and oxygen atoms in total. The molecule has 0 radical (unpaired) electrons. The Morgan fingerprint density at radius 2 is 2.15 bits per heavy atom. The van der Waals surface area contributed by atoms with Crippen LogP contribution in [0.4, 0.5) is 0 Å². The summed E-state index contributed by atoms with van der Waals surface area (Å²) >= 11 is 1.55. The van der Waals surface area contributed by atoms with Gasteiger partial charge < -0.3 is 4.98 Å². The Hall–Kier alpha value is -1.29. The van der Waals surface area contributed by atoms with Crippen LogP contribution in [0.1, 0.15) is 0 Å². The normalized spacial score (nSPS) is 10.5. The number of rotatable bonds is 1. The average Bonchev–Trinajstić information content (AvgIpc) is 2.48. The van der Waals surface area contributed by atoms with E-state index in [1.165, 1.54) is 0 Å². The van der Waals surface area contributed by atoms with Crippen molar-refractivity contribution in [1.29, 1.82) is 5.41 Å². The minimum atomic E-state index is 0.455. The van der Waals surface area contributed by atoms with Gasteiger partial charge in [-0.2, -0.15) is 0 Å². The smallest absolute Gasteiger partial charge is 0.166 e. The minimum Gasteiger partial charge on any atom is -0.333 e. The third-order valence-corrected chi connectivity index (χ3v) is 2.38. The summed E-state index contributed by atoms with van der Waals surface area (Å²) in [5, 5.41) is 8.99. The monoisotopic (exact) mass is 191 g/mol. The lowest BCUT2D eigenvalue weighted by Gasteiger charge is -1.81. The first-order valence-corrected chi connectivity index (χ1v) is 5.11. The number of hydrogen-bond acceptors (Lipinski definition) is 3. The molecule has 0 fully saturated rings. The molecule has 0 aliphatic carbocycles. The fourth-order valence-electron chi connectivity index (χ4n) is 1.17. The second-order valence-corrected chi connectivity index (χ2v) is 3.44. The molecule has 0 unspecified atom stereocenters. The van der Waals surface area contributed by atoms with Gasteiger partial charge in [-0.05, 0) is 18.4 Å². The molecule has 1 aromatic heterocycles. The Morgan fingerprint density at radius 3 is 2.92 bits per heavy atom. The zero-order valence-corrected chi connectivity index (χ0v) is 7.98. The van der Waals surface area contributed by atoms with Crippen LogP contribution in [-0.2, 0) is 0 Å². The van der Waals surface area contributed by atoms with Crippen LogP contribution in [0.3, 0.4) is 0 Å². The number of fused-ring (bicyclic) bond motifs is 1. The van der Waals surface area contributed by atoms with Crippen LogP contribution in [0.25, 0.3) is 11.0 Å². The molecular formula is C9H9N3S. The zero-order chi connectivity index (χ0) is 9.26. The molecule has 0 spiro atoms. The molecule has 0 amide bonds. The molecule has 1 heterocycles. The summed E-state index contributed by atoms with van der Waals surface area (Å²) in [6.45, 7) is 0. The lowest BCUT2D eigenvalue weighted by molar-refractivity contribution is 1.08. The predicted octanol–water partition coefficient (Wildman–Crippen LogP) is 1.76. The molecule has 0 saturated carbocycles. The van der Waals surface area contributed by atoms with E-state index in [-0.39, 0.29) is 0 Å². The fourth-order valence-corrected chi connectivity index (χ4v) is 1.56. The standard InChI is InChI=1S/C9H9N3S/c1-13-9-11-7-5-3-2-4-6(10)8(7)12-9/h2-5,10H,1H3,(H,11,12). The van der Waals surface area contributed by atoms with E-state index < -0.39 is 0 Å². The average molecular weight is 191 g/mol. The van der Waals surface area contributed by atoms with E-state index in [2.05, 4.69) is 9.97 Å². The topological polar surface area (TPSA) is 52.5 Å². The van der Waals surface area contributed by atoms with Gasteiger partial charge in [0.05, 0.1) is 10.9 Å². The molecular weight excluding hydrogens is 182 g/mol. The number of thioether (sulfide) groups is 1. The summed E-state index contributed by atoms with van der Waals surface area (Å²) in [6.07, 6.45) is 1.96. The van der Waals surface area contributed by atoms with Crippen LogP contribution in [0, 0.1) is 5.41 Å². The van der Waals surface area contributed by atoms with E-state index in [4.69, 9.17) is 5.41 Å². The van der Waals surface area contributed by atoms with Gasteiger partial charge in [-0.1, -0.05) is 23.9 Å². The van der Waals surface area contributed by atoms with Crippen LogP contribution < -0.4 is 5.36 Å². The van der Waals surface area contributed by atoms with Gasteiger partial charge in [-0.3, -0.25) is 5.41 Å². The lowest BCUT2D eigenvalue weighted by atomic mass is 10.4. The van der Waals surface area contributed by atoms with Gasteiger partial charge in [0.25, 0.3) is 0 Å². The van der Waals surface area contributed by atoms with Crippen molar-refractivity contribution in [2.24, 2.45) is 0 Å². The number of nitrogens with zero attached hydrogens (tertiary/aromatic N) is 1. The lowest BCUT2D eigenvalue weighted by Crippen LogP contribution is -1.94. The molecule has 0 aliphatic heterocycles. The summed E-state index contributed by atoms with van der Waals surface area (Å²) in [6, 6.07) is 7.42. The molecule has 0 bridgehead atoms. The maximum Gasteiger partial charge on any atom is 0.166 e. The molecule has 0 saturated heterocycles. The first kappa shape index (κ1) is 8.31. The highest BCUT2D eigenvalue weighted by molar-refractivity contribution is 7.98. The van der Waals surface area contributed by atoms with Crippen LogP contribution in [0.15, 0.2) is 29.4 Å². The third-order valence-electron chi connectivity index (χ3n) is 1.80. The summed E-state index contributed by atoms with van der Waals surface area (Å²) in [5.41, 5.74) is 1.65. The highest BCUT2D eigenvalue weighted by Crippen LogP contribution is 2.13. The van der Waals surface area contributed by atoms with Crippen molar-refractivity contribution in [2.75, 3.05) is 6.26 Å². The quantitative estimate of drug-likeness (QED) is 0.675. The van der Waals surface area contributed by atoms with Crippen LogP contribution in [0.5, 0.6) is 0 Å². The molecule has 2 N–H and O–H groups in total. The second-order valence-electron chi connectivity index (χ2n) is 2.64. The molecule has 4 heteroatoms. The van der Waals surface area contributed by atoms with E-state index in [0.29, 0.717) is 5.36 Å². The van der Waals surface area contributed by atoms with Crippen molar-refractivity contribution in [2.45, 2.75) is 5.16 Å². The summed E-state index contributed by atoms with van der Waals surface area (Å²) in [5.74, 6) is 0. The predicted molar refractivity (Wildman–Crippen MR) is 53.7 cm³/mol. The van der Waals surface area contributed by atoms with Crippen molar-refractivity contribution >= 4 is 22.8 Å². The molecule has 0 aliphatic rings. The number of aromatic amines is 1. The highest BCUT2D eigenvalue weighted by atomic mass is 32.2. The summed E-state index contributed by atoms with van der Waals surface area (Å²) in [7, 11) is 0. The second kappa shape index (κ2) is 3.22. The van der Waals surface area contributed by atoms with E-state index >= 15 is 0 Å². The van der Waals surface area contributed by atoms with Gasteiger partial charge in [-0.25, -0.2) is 4.98 Å². The van der Waals surface area contributed by atoms with Crippen LogP contribution >= 0.6 is 11.8 Å². The highest BCUT2D eigenvalue weighted by Gasteiger charge is 2.00. The van der Waals surface area contributed by atoms with Gasteiger partial charge in [0.15, 0.2) is 5.16 Å². The van der Waals surface area contributed by atoms with Crippen molar-refractivity contribution in [3.8, 4) is 0 Å². The van der Waals surface area contributed by atoms with E-state index in [0.717, 1.165) is 16.2 Å². The third kappa shape index (κ3) is 1.45.